The molecule has 7 nitrogen and oxygen atoms in total. The molecule has 0 aromatic carbocycles. The van der Waals surface area contributed by atoms with Crippen LogP contribution in [-0.2, 0) is 0 Å². The Morgan fingerprint density at radius 3 is 2.53 bits per heavy atom. The van der Waals surface area contributed by atoms with Crippen molar-refractivity contribution in [2.24, 2.45) is 5.84 Å². The van der Waals surface area contributed by atoms with Gasteiger partial charge in [0.2, 0.25) is 5.95 Å². The normalized spacial score (nSPS) is 10.1. The first-order valence-corrected chi connectivity index (χ1v) is 5.65. The van der Waals surface area contributed by atoms with E-state index in [-0.39, 0.29) is 17.5 Å². The number of nitrogens with two attached hydrogens (primary N) is 1. The second kappa shape index (κ2) is 5.40. The van der Waals surface area contributed by atoms with E-state index in [2.05, 4.69) is 25.7 Å². The smallest absolute Gasteiger partial charge is 0.276 e. The van der Waals surface area contributed by atoms with Crippen LogP contribution in [0.25, 0.3) is 0 Å². The largest absolute Gasteiger partial charge is 0.324 e. The lowest BCUT2D eigenvalue weighted by atomic mass is 10.3. The van der Waals surface area contributed by atoms with E-state index in [1.54, 1.807) is 6.07 Å². The van der Waals surface area contributed by atoms with Gasteiger partial charge in [0, 0.05) is 17.6 Å². The molecule has 0 radical (unpaired) electrons. The molecule has 0 saturated carbocycles. The Bertz CT molecular complexity index is 593. The molecular weight excluding hydrogens is 244 g/mol. The summed E-state index contributed by atoms with van der Waals surface area (Å²) in [7, 11) is 0. The quantitative estimate of drug-likeness (QED) is 0.560. The lowest BCUT2D eigenvalue weighted by molar-refractivity contribution is 0.102. The zero-order valence-electron chi connectivity index (χ0n) is 10.6. The maximum absolute atomic E-state index is 12.0. The minimum absolute atomic E-state index is 0.234. The van der Waals surface area contributed by atoms with Gasteiger partial charge in [0.05, 0.1) is 5.69 Å². The maximum Gasteiger partial charge on any atom is 0.276 e. The van der Waals surface area contributed by atoms with E-state index in [0.29, 0.717) is 5.69 Å². The first-order chi connectivity index (χ1) is 9.08. The predicted octanol–water partition coefficient (Wildman–Crippen LogP) is 1.03. The number of anilines is 2. The first-order valence-electron chi connectivity index (χ1n) is 5.65. The van der Waals surface area contributed by atoms with E-state index in [1.165, 1.54) is 12.3 Å². The van der Waals surface area contributed by atoms with Crippen molar-refractivity contribution in [3.63, 3.8) is 0 Å². The summed E-state index contributed by atoms with van der Waals surface area (Å²) in [4.78, 5) is 24.2. The van der Waals surface area contributed by atoms with Gasteiger partial charge in [0.15, 0.2) is 0 Å². The maximum atomic E-state index is 12.0. The molecule has 0 saturated heterocycles. The Morgan fingerprint density at radius 1 is 1.21 bits per heavy atom. The molecule has 4 N–H and O–H groups in total. The van der Waals surface area contributed by atoms with E-state index in [1.807, 2.05) is 19.9 Å². The Morgan fingerprint density at radius 2 is 1.89 bits per heavy atom. The van der Waals surface area contributed by atoms with Crippen molar-refractivity contribution in [1.29, 1.82) is 0 Å². The Balaban J connectivity index is 2.20. The number of amides is 1. The highest BCUT2D eigenvalue weighted by Gasteiger charge is 2.10. The van der Waals surface area contributed by atoms with Crippen LogP contribution < -0.4 is 16.6 Å². The highest BCUT2D eigenvalue weighted by Crippen LogP contribution is 2.09. The van der Waals surface area contributed by atoms with Crippen molar-refractivity contribution >= 4 is 17.5 Å². The third-order valence-electron chi connectivity index (χ3n) is 2.37. The van der Waals surface area contributed by atoms with E-state index < -0.39 is 0 Å². The van der Waals surface area contributed by atoms with E-state index in [0.717, 1.165) is 11.4 Å². The minimum atomic E-state index is -0.387. The van der Waals surface area contributed by atoms with Crippen molar-refractivity contribution in [3.05, 3.63) is 41.5 Å². The fraction of sp³-hybridized carbons (Fsp3) is 0.167. The molecule has 2 heterocycles. The summed E-state index contributed by atoms with van der Waals surface area (Å²) in [5, 5.41) is 2.60. The van der Waals surface area contributed by atoms with Crippen molar-refractivity contribution < 1.29 is 4.79 Å². The number of pyridine rings is 1. The molecule has 2 rings (SSSR count). The summed E-state index contributed by atoms with van der Waals surface area (Å²) >= 11 is 0. The molecule has 2 aromatic heterocycles. The minimum Gasteiger partial charge on any atom is -0.324 e. The lowest BCUT2D eigenvalue weighted by Crippen LogP contribution is -2.17. The fourth-order valence-electron chi connectivity index (χ4n) is 1.59. The predicted molar refractivity (Wildman–Crippen MR) is 71.5 cm³/mol. The highest BCUT2D eigenvalue weighted by atomic mass is 16.2. The SMILES string of the molecule is Cc1cc(C)nc(NC(=O)c2cc(NN)ccn2)n1. The molecule has 0 atom stereocenters. The third kappa shape index (κ3) is 3.23. The molecule has 0 aliphatic carbocycles. The van der Waals surface area contributed by atoms with Gasteiger partial charge in [-0.2, -0.15) is 0 Å². The second-order valence-corrected chi connectivity index (χ2v) is 4.00. The van der Waals surface area contributed by atoms with Gasteiger partial charge in [0.1, 0.15) is 5.69 Å². The molecule has 0 unspecified atom stereocenters. The number of carbonyl (C=O) groups is 1. The monoisotopic (exact) mass is 258 g/mol. The number of hydrogen-bond donors (Lipinski definition) is 3. The number of aryl methyl sites for hydroxylation is 2. The standard InChI is InChI=1S/C12H14N6O/c1-7-5-8(2)16-12(15-7)17-11(19)10-6-9(18-13)3-4-14-10/h3-6H,13H2,1-2H3,(H,14,18)(H,15,16,17,19). The molecule has 2 aromatic rings. The summed E-state index contributed by atoms with van der Waals surface area (Å²) in [6, 6.07) is 5.02. The van der Waals surface area contributed by atoms with Crippen molar-refractivity contribution in [2.45, 2.75) is 13.8 Å². The summed E-state index contributed by atoms with van der Waals surface area (Å²) in [6.45, 7) is 3.67. The van der Waals surface area contributed by atoms with Crippen molar-refractivity contribution in [3.8, 4) is 0 Å². The Kier molecular flexibility index (Phi) is 3.67. The summed E-state index contributed by atoms with van der Waals surface area (Å²) < 4.78 is 0. The van der Waals surface area contributed by atoms with Crippen LogP contribution in [0.4, 0.5) is 11.6 Å². The molecular formula is C12H14N6O. The van der Waals surface area contributed by atoms with E-state index in [4.69, 9.17) is 5.84 Å². The molecule has 0 aliphatic rings. The van der Waals surface area contributed by atoms with Crippen LogP contribution >= 0.6 is 0 Å². The fourth-order valence-corrected chi connectivity index (χ4v) is 1.59. The molecule has 7 heteroatoms. The average Bonchev–Trinajstić information content (AvgIpc) is 2.37. The van der Waals surface area contributed by atoms with Crippen LogP contribution in [0.3, 0.4) is 0 Å². The van der Waals surface area contributed by atoms with Gasteiger partial charge in [-0.25, -0.2) is 9.97 Å². The number of carbonyl (C=O) groups excluding carboxylic acids is 1. The molecule has 98 valence electrons. The van der Waals surface area contributed by atoms with Gasteiger partial charge in [-0.1, -0.05) is 0 Å². The molecule has 0 spiro atoms. The van der Waals surface area contributed by atoms with Gasteiger partial charge in [0.25, 0.3) is 5.91 Å². The summed E-state index contributed by atoms with van der Waals surface area (Å²) in [5.74, 6) is 5.15. The van der Waals surface area contributed by atoms with Gasteiger partial charge >= 0.3 is 0 Å². The highest BCUT2D eigenvalue weighted by molar-refractivity contribution is 6.02. The Labute approximate surface area is 110 Å². The van der Waals surface area contributed by atoms with E-state index in [9.17, 15) is 4.79 Å². The third-order valence-corrected chi connectivity index (χ3v) is 2.37. The van der Waals surface area contributed by atoms with E-state index >= 15 is 0 Å². The van der Waals surface area contributed by atoms with Crippen molar-refractivity contribution in [1.82, 2.24) is 15.0 Å². The number of nitrogens with one attached hydrogen (secondary N) is 2. The zero-order valence-corrected chi connectivity index (χ0v) is 10.6. The molecule has 0 fully saturated rings. The zero-order chi connectivity index (χ0) is 13.8. The lowest BCUT2D eigenvalue weighted by Gasteiger charge is -2.06. The van der Waals surface area contributed by atoms with Crippen LogP contribution in [0.2, 0.25) is 0 Å². The van der Waals surface area contributed by atoms with Gasteiger partial charge in [-0.3, -0.25) is 20.9 Å². The van der Waals surface area contributed by atoms with Crippen molar-refractivity contribution in [2.75, 3.05) is 10.7 Å². The number of aromatic nitrogens is 3. The summed E-state index contributed by atoms with van der Waals surface area (Å²) in [5.41, 5.74) is 4.86. The van der Waals surface area contributed by atoms with Crippen LogP contribution in [0.1, 0.15) is 21.9 Å². The molecule has 19 heavy (non-hydrogen) atoms. The topological polar surface area (TPSA) is 106 Å². The summed E-state index contributed by atoms with van der Waals surface area (Å²) in [6.07, 6.45) is 1.49. The molecule has 0 bridgehead atoms. The number of nitrogens with zero attached hydrogens (tertiary/aromatic N) is 3. The Hall–Kier alpha value is -2.54. The van der Waals surface area contributed by atoms with Crippen LogP contribution in [0, 0.1) is 13.8 Å². The second-order valence-electron chi connectivity index (χ2n) is 4.00. The number of rotatable bonds is 3. The van der Waals surface area contributed by atoms with Crippen LogP contribution in [0.5, 0.6) is 0 Å². The van der Waals surface area contributed by atoms with Gasteiger partial charge in [-0.15, -0.1) is 0 Å². The number of nitrogen functional groups attached to an aromatic ring is 1. The van der Waals surface area contributed by atoms with Gasteiger partial charge < -0.3 is 5.43 Å². The number of hydrazine groups is 1. The average molecular weight is 258 g/mol. The molecule has 0 aliphatic heterocycles. The molecule has 1 amide bonds. The first kappa shape index (κ1) is 12.9. The number of hydrogen-bond acceptors (Lipinski definition) is 6. The van der Waals surface area contributed by atoms with Crippen LogP contribution in [-0.4, -0.2) is 20.9 Å². The van der Waals surface area contributed by atoms with Crippen LogP contribution in [0.15, 0.2) is 24.4 Å². The van der Waals surface area contributed by atoms with Gasteiger partial charge in [-0.05, 0) is 32.0 Å².